The van der Waals surface area contributed by atoms with E-state index in [1.54, 1.807) is 24.3 Å². The van der Waals surface area contributed by atoms with Crippen molar-refractivity contribution < 1.29 is 14.7 Å². The van der Waals surface area contributed by atoms with Crippen molar-refractivity contribution in [1.29, 1.82) is 0 Å². The van der Waals surface area contributed by atoms with E-state index < -0.39 is 6.04 Å². The van der Waals surface area contributed by atoms with Crippen LogP contribution in [-0.2, 0) is 22.6 Å². The number of unbranched alkanes of at least 4 members (excludes halogenated alkanes) is 2. The van der Waals surface area contributed by atoms with Crippen molar-refractivity contribution >= 4 is 24.4 Å². The first kappa shape index (κ1) is 32.7. The van der Waals surface area contributed by atoms with Gasteiger partial charge in [-0.1, -0.05) is 94.3 Å². The third kappa shape index (κ3) is 8.69. The largest absolute Gasteiger partial charge is 0.508 e. The number of carbonyl (C=O) groups excluding carboxylic acids is 2. The van der Waals surface area contributed by atoms with Crippen LogP contribution in [0.25, 0.3) is 22.5 Å². The number of rotatable bonds is 15. The Morgan fingerprint density at radius 3 is 2.25 bits per heavy atom. The maximum atomic E-state index is 14.2. The maximum absolute atomic E-state index is 14.2. The molecule has 0 aliphatic rings. The van der Waals surface area contributed by atoms with Crippen molar-refractivity contribution in [2.24, 2.45) is 11.8 Å². The summed E-state index contributed by atoms with van der Waals surface area (Å²) >= 11 is 4.41. The number of nitrogens with zero attached hydrogens (tertiary/aromatic N) is 4. The number of carbonyl (C=O) groups is 2. The molecule has 0 saturated carbocycles. The summed E-state index contributed by atoms with van der Waals surface area (Å²) in [4.78, 5) is 29.4. The lowest BCUT2D eigenvalue weighted by Gasteiger charge is -2.30. The minimum absolute atomic E-state index is 0.0845. The number of amides is 2. The van der Waals surface area contributed by atoms with E-state index in [0.29, 0.717) is 31.1 Å². The highest BCUT2D eigenvalue weighted by Crippen LogP contribution is 2.30. The predicted molar refractivity (Wildman–Crippen MR) is 176 cm³/mol. The molecule has 232 valence electrons. The first-order valence-electron chi connectivity index (χ1n) is 15.2. The van der Waals surface area contributed by atoms with Crippen LogP contribution in [0.3, 0.4) is 0 Å². The third-order valence-electron chi connectivity index (χ3n) is 7.82. The zero-order chi connectivity index (χ0) is 31.5. The second-order valence-corrected chi connectivity index (χ2v) is 11.8. The summed E-state index contributed by atoms with van der Waals surface area (Å²) in [6.07, 6.45) is 3.21. The molecule has 2 unspecified atom stereocenters. The summed E-state index contributed by atoms with van der Waals surface area (Å²) in [5.41, 5.74) is 4.70. The van der Waals surface area contributed by atoms with Gasteiger partial charge in [0.25, 0.3) is 0 Å². The van der Waals surface area contributed by atoms with Gasteiger partial charge in [-0.25, -0.2) is 0 Å². The van der Waals surface area contributed by atoms with E-state index in [0.717, 1.165) is 47.1 Å². The number of phenolic OH excluding ortho intramolecular Hbond substituents is 1. The van der Waals surface area contributed by atoms with Gasteiger partial charge in [0.1, 0.15) is 11.8 Å². The number of nitrogens with one attached hydrogen (secondary N) is 2. The number of aromatic hydroxyl groups is 1. The zero-order valence-corrected chi connectivity index (χ0v) is 26.5. The van der Waals surface area contributed by atoms with Gasteiger partial charge >= 0.3 is 0 Å². The van der Waals surface area contributed by atoms with Crippen LogP contribution in [0.15, 0.2) is 72.8 Å². The number of hydrogen-bond acceptors (Lipinski definition) is 7. The fraction of sp³-hybridized carbons (Fsp3) is 0.382. The summed E-state index contributed by atoms with van der Waals surface area (Å²) < 4.78 is 0. The third-order valence-corrected chi connectivity index (χ3v) is 8.22. The van der Waals surface area contributed by atoms with Crippen LogP contribution in [-0.4, -0.2) is 60.8 Å². The van der Waals surface area contributed by atoms with Crippen molar-refractivity contribution in [2.75, 3.05) is 12.3 Å². The highest BCUT2D eigenvalue weighted by molar-refractivity contribution is 7.80. The van der Waals surface area contributed by atoms with Gasteiger partial charge in [-0.3, -0.25) is 9.59 Å². The van der Waals surface area contributed by atoms with Crippen molar-refractivity contribution in [2.45, 2.75) is 59.0 Å². The number of benzene rings is 3. The Bertz CT molecular complexity index is 1480. The molecular formula is C34H42N6O3S. The van der Waals surface area contributed by atoms with Gasteiger partial charge in [-0.2, -0.15) is 17.8 Å². The summed E-state index contributed by atoms with van der Waals surface area (Å²) in [5, 5.41) is 27.3. The zero-order valence-electron chi connectivity index (χ0n) is 25.6. The van der Waals surface area contributed by atoms with Crippen LogP contribution >= 0.6 is 12.6 Å². The lowest BCUT2D eigenvalue weighted by Crippen LogP contribution is -2.51. The molecule has 0 radical (unpaired) electrons. The van der Waals surface area contributed by atoms with E-state index >= 15 is 0 Å². The fourth-order valence-corrected chi connectivity index (χ4v) is 5.79. The lowest BCUT2D eigenvalue weighted by atomic mass is 9.95. The van der Waals surface area contributed by atoms with Gasteiger partial charge in [0.15, 0.2) is 0 Å². The van der Waals surface area contributed by atoms with Gasteiger partial charge in [-0.15, -0.1) is 10.2 Å². The van der Waals surface area contributed by atoms with Crippen LogP contribution in [0.2, 0.25) is 0 Å². The van der Waals surface area contributed by atoms with Crippen molar-refractivity contribution in [3.8, 4) is 28.3 Å². The van der Waals surface area contributed by atoms with Crippen molar-refractivity contribution in [3.63, 3.8) is 0 Å². The molecule has 1 heterocycles. The number of aromatic nitrogens is 4. The van der Waals surface area contributed by atoms with E-state index in [2.05, 4.69) is 45.5 Å². The minimum Gasteiger partial charge on any atom is -0.508 e. The van der Waals surface area contributed by atoms with Crippen LogP contribution in [0.5, 0.6) is 5.75 Å². The highest BCUT2D eigenvalue weighted by atomic mass is 32.1. The average molecular weight is 615 g/mol. The van der Waals surface area contributed by atoms with Crippen molar-refractivity contribution in [3.05, 3.63) is 83.9 Å². The van der Waals surface area contributed by atoms with Crippen molar-refractivity contribution in [1.82, 2.24) is 30.8 Å². The Kier molecular flexibility index (Phi) is 11.9. The highest BCUT2D eigenvalue weighted by Gasteiger charge is 2.30. The molecule has 3 N–H and O–H groups in total. The van der Waals surface area contributed by atoms with E-state index in [4.69, 9.17) is 0 Å². The summed E-state index contributed by atoms with van der Waals surface area (Å²) in [7, 11) is 0. The Morgan fingerprint density at radius 2 is 1.64 bits per heavy atom. The second kappa shape index (κ2) is 16.0. The van der Waals surface area contributed by atoms with E-state index in [1.165, 1.54) is 0 Å². The van der Waals surface area contributed by atoms with E-state index in [9.17, 15) is 14.7 Å². The lowest BCUT2D eigenvalue weighted by molar-refractivity contribution is -0.138. The molecule has 2 atom stereocenters. The SMILES string of the molecule is CCCCCN(Cc1ccc(-c2ccccc2-c2nn[nH]n2)cc1)C(=O)C(Cc1ccc(O)cc1)NC(=O)C(CS)C(C)C. The summed E-state index contributed by atoms with van der Waals surface area (Å²) in [6, 6.07) is 22.1. The number of H-pyrrole nitrogens is 1. The Balaban J connectivity index is 1.59. The fourth-order valence-electron chi connectivity index (χ4n) is 5.20. The molecular weight excluding hydrogens is 572 g/mol. The normalized spacial score (nSPS) is 12.6. The molecule has 9 nitrogen and oxygen atoms in total. The molecule has 1 aromatic heterocycles. The quantitative estimate of drug-likeness (QED) is 0.101. The standard InChI is InChI=1S/C34H42N6O3S/c1-4-5-8-19-40(21-25-11-15-26(16-12-25)28-9-6-7-10-29(28)32-36-38-39-37-32)34(43)31(20-24-13-17-27(41)18-14-24)35-33(42)30(22-44)23(2)3/h6-7,9-18,23,30-31,41,44H,4-5,8,19-22H2,1-3H3,(H,35,42)(H,36,37,38,39). The molecule has 10 heteroatoms. The van der Waals surface area contributed by atoms with Gasteiger partial charge < -0.3 is 15.3 Å². The first-order chi connectivity index (χ1) is 21.3. The Labute approximate surface area is 264 Å². The molecule has 44 heavy (non-hydrogen) atoms. The van der Waals surface area contributed by atoms with Crippen LogP contribution in [0, 0.1) is 11.8 Å². The molecule has 3 aromatic carbocycles. The molecule has 0 aliphatic heterocycles. The maximum Gasteiger partial charge on any atom is 0.245 e. The van der Waals surface area contributed by atoms with Gasteiger partial charge in [-0.05, 0) is 51.9 Å². The second-order valence-electron chi connectivity index (χ2n) is 11.4. The monoisotopic (exact) mass is 614 g/mol. The number of hydrogen-bond donors (Lipinski definition) is 4. The Hall–Kier alpha value is -4.18. The molecule has 2 amide bonds. The number of aromatic amines is 1. The van der Waals surface area contributed by atoms with E-state index in [1.807, 2.05) is 67.3 Å². The Morgan fingerprint density at radius 1 is 0.955 bits per heavy atom. The van der Waals surface area contributed by atoms with Crippen LogP contribution in [0.1, 0.15) is 51.2 Å². The first-order valence-corrected chi connectivity index (χ1v) is 15.8. The molecule has 0 saturated heterocycles. The molecule has 0 fully saturated rings. The molecule has 0 bridgehead atoms. The minimum atomic E-state index is -0.754. The molecule has 0 spiro atoms. The summed E-state index contributed by atoms with van der Waals surface area (Å²) in [6.45, 7) is 7.10. The number of phenols is 1. The molecule has 4 rings (SSSR count). The topological polar surface area (TPSA) is 124 Å². The number of thiol groups is 1. The van der Waals surface area contributed by atoms with Gasteiger partial charge in [0, 0.05) is 36.7 Å². The smallest absolute Gasteiger partial charge is 0.245 e. The summed E-state index contributed by atoms with van der Waals surface area (Å²) in [5.74, 6) is 0.537. The number of tetrazole rings is 1. The molecule has 0 aliphatic carbocycles. The van der Waals surface area contributed by atoms with Gasteiger partial charge in [0.05, 0.1) is 0 Å². The predicted octanol–water partition coefficient (Wildman–Crippen LogP) is 5.69. The average Bonchev–Trinajstić information content (AvgIpc) is 3.57. The van der Waals surface area contributed by atoms with Crippen LogP contribution < -0.4 is 5.32 Å². The van der Waals surface area contributed by atoms with Gasteiger partial charge in [0.2, 0.25) is 17.6 Å². The molecule has 4 aromatic rings. The van der Waals surface area contributed by atoms with E-state index in [-0.39, 0.29) is 29.4 Å². The van der Waals surface area contributed by atoms with Crippen LogP contribution in [0.4, 0.5) is 0 Å².